The number of aromatic nitrogens is 1. The number of nitrogens with zero attached hydrogens (tertiary/aromatic N) is 1. The summed E-state index contributed by atoms with van der Waals surface area (Å²) in [5, 5.41) is 10.1. The number of ether oxygens (including phenoxy) is 1. The zero-order chi connectivity index (χ0) is 12.1. The van der Waals surface area contributed by atoms with E-state index in [1.165, 1.54) is 11.3 Å². The van der Waals surface area contributed by atoms with Crippen molar-refractivity contribution in [2.24, 2.45) is 11.8 Å². The molecule has 0 fully saturated rings. The number of carbonyl (C=O) groups excluding carboxylic acids is 1. The van der Waals surface area contributed by atoms with Crippen molar-refractivity contribution in [1.29, 1.82) is 0 Å². The van der Waals surface area contributed by atoms with Crippen LogP contribution in [0.5, 0.6) is 0 Å². The minimum atomic E-state index is -0.827. The van der Waals surface area contributed by atoms with E-state index in [0.29, 0.717) is 11.5 Å². The van der Waals surface area contributed by atoms with Crippen molar-refractivity contribution in [3.05, 3.63) is 16.6 Å². The highest BCUT2D eigenvalue weighted by molar-refractivity contribution is 7.09. The summed E-state index contributed by atoms with van der Waals surface area (Å²) in [5.41, 5.74) is 1.64. The van der Waals surface area contributed by atoms with Crippen molar-refractivity contribution < 1.29 is 14.6 Å². The van der Waals surface area contributed by atoms with Crippen LogP contribution >= 0.6 is 11.3 Å². The van der Waals surface area contributed by atoms with Crippen LogP contribution in [0.2, 0.25) is 0 Å². The summed E-state index contributed by atoms with van der Waals surface area (Å²) in [6.45, 7) is 5.88. The van der Waals surface area contributed by atoms with Gasteiger partial charge in [-0.3, -0.25) is 9.78 Å². The van der Waals surface area contributed by atoms with Gasteiger partial charge in [-0.15, -0.1) is 11.3 Å². The number of esters is 1. The Kier molecular flexibility index (Phi) is 4.89. The molecule has 90 valence electrons. The maximum Gasteiger partial charge on any atom is 0.312 e. The number of thiazole rings is 1. The van der Waals surface area contributed by atoms with Crippen molar-refractivity contribution in [2.75, 3.05) is 6.61 Å². The van der Waals surface area contributed by atoms with Crippen molar-refractivity contribution in [2.45, 2.75) is 26.9 Å². The van der Waals surface area contributed by atoms with Gasteiger partial charge in [0.15, 0.2) is 0 Å². The van der Waals surface area contributed by atoms with Crippen LogP contribution in [0, 0.1) is 11.8 Å². The Bertz CT molecular complexity index is 324. The van der Waals surface area contributed by atoms with E-state index in [4.69, 9.17) is 4.74 Å². The molecule has 0 bridgehead atoms. The van der Waals surface area contributed by atoms with Crippen LogP contribution in [-0.2, 0) is 9.53 Å². The third kappa shape index (κ3) is 3.02. The van der Waals surface area contributed by atoms with Gasteiger partial charge in [-0.1, -0.05) is 13.8 Å². The van der Waals surface area contributed by atoms with E-state index in [-0.39, 0.29) is 11.9 Å². The summed E-state index contributed by atoms with van der Waals surface area (Å²) in [4.78, 5) is 16.3. The number of rotatable bonds is 5. The average molecular weight is 243 g/mol. The molecule has 0 aromatic carbocycles. The van der Waals surface area contributed by atoms with Gasteiger partial charge in [0.25, 0.3) is 0 Å². The van der Waals surface area contributed by atoms with Crippen LogP contribution in [0.25, 0.3) is 0 Å². The molecule has 1 aromatic heterocycles. The molecule has 4 nitrogen and oxygen atoms in total. The van der Waals surface area contributed by atoms with Gasteiger partial charge in [-0.2, -0.15) is 0 Å². The minimum Gasteiger partial charge on any atom is -0.466 e. The molecular weight excluding hydrogens is 226 g/mol. The Balaban J connectivity index is 2.81. The molecule has 0 aliphatic carbocycles. The molecule has 16 heavy (non-hydrogen) atoms. The predicted molar refractivity (Wildman–Crippen MR) is 62.0 cm³/mol. The fourth-order valence-corrected chi connectivity index (χ4v) is 2.20. The molecule has 0 saturated heterocycles. The lowest BCUT2D eigenvalue weighted by atomic mass is 9.90. The van der Waals surface area contributed by atoms with Crippen LogP contribution in [0.1, 0.15) is 31.8 Å². The summed E-state index contributed by atoms with van der Waals surface area (Å²) in [6, 6.07) is 0. The van der Waals surface area contributed by atoms with E-state index in [0.717, 1.165) is 0 Å². The summed E-state index contributed by atoms with van der Waals surface area (Å²) >= 11 is 1.34. The first-order valence-electron chi connectivity index (χ1n) is 5.31. The molecule has 1 aromatic rings. The first kappa shape index (κ1) is 13.1. The van der Waals surface area contributed by atoms with Gasteiger partial charge in [0.1, 0.15) is 6.10 Å². The van der Waals surface area contributed by atoms with Crippen molar-refractivity contribution in [3.8, 4) is 0 Å². The summed E-state index contributed by atoms with van der Waals surface area (Å²) in [7, 11) is 0. The van der Waals surface area contributed by atoms with E-state index in [9.17, 15) is 9.90 Å². The molecule has 0 saturated carbocycles. The second-order valence-corrected chi connectivity index (χ2v) is 4.79. The highest BCUT2D eigenvalue weighted by atomic mass is 32.1. The minimum absolute atomic E-state index is 0.0242. The first-order chi connectivity index (χ1) is 7.57. The highest BCUT2D eigenvalue weighted by Gasteiger charge is 2.32. The molecule has 0 radical (unpaired) electrons. The molecular formula is C11H17NO3S. The monoisotopic (exact) mass is 243 g/mol. The Morgan fingerprint density at radius 2 is 2.31 bits per heavy atom. The third-order valence-electron chi connectivity index (χ3n) is 2.36. The first-order valence-corrected chi connectivity index (χ1v) is 6.19. The van der Waals surface area contributed by atoms with Gasteiger partial charge in [0, 0.05) is 6.20 Å². The predicted octanol–water partition coefficient (Wildman–Crippen LogP) is 2.01. The van der Waals surface area contributed by atoms with Gasteiger partial charge >= 0.3 is 5.97 Å². The fourth-order valence-electron chi connectivity index (χ4n) is 1.55. The van der Waals surface area contributed by atoms with E-state index in [1.54, 1.807) is 18.6 Å². The lowest BCUT2D eigenvalue weighted by molar-refractivity contribution is -0.154. The maximum absolute atomic E-state index is 11.7. The van der Waals surface area contributed by atoms with Crippen molar-refractivity contribution in [1.82, 2.24) is 4.98 Å². The Morgan fingerprint density at radius 3 is 2.75 bits per heavy atom. The Hall–Kier alpha value is -0.940. The maximum atomic E-state index is 11.7. The second-order valence-electron chi connectivity index (χ2n) is 3.87. The second kappa shape index (κ2) is 5.96. The van der Waals surface area contributed by atoms with Gasteiger partial charge in [-0.05, 0) is 12.8 Å². The van der Waals surface area contributed by atoms with Crippen LogP contribution < -0.4 is 0 Å². The quantitative estimate of drug-likeness (QED) is 0.804. The van der Waals surface area contributed by atoms with Crippen molar-refractivity contribution >= 4 is 17.3 Å². The van der Waals surface area contributed by atoms with Crippen molar-refractivity contribution in [3.63, 3.8) is 0 Å². The number of aliphatic hydroxyl groups is 1. The number of aliphatic hydroxyl groups excluding tert-OH is 1. The zero-order valence-corrected chi connectivity index (χ0v) is 10.5. The fraction of sp³-hybridized carbons (Fsp3) is 0.636. The van der Waals surface area contributed by atoms with E-state index in [2.05, 4.69) is 4.98 Å². The largest absolute Gasteiger partial charge is 0.466 e. The highest BCUT2D eigenvalue weighted by Crippen LogP contribution is 2.31. The molecule has 0 spiro atoms. The topological polar surface area (TPSA) is 59.4 Å². The van der Waals surface area contributed by atoms with Gasteiger partial charge < -0.3 is 9.84 Å². The molecule has 1 heterocycles. The lowest BCUT2D eigenvalue weighted by Crippen LogP contribution is -2.28. The summed E-state index contributed by atoms with van der Waals surface area (Å²) in [6.07, 6.45) is 0.760. The molecule has 0 aliphatic heterocycles. The molecule has 0 aliphatic rings. The smallest absolute Gasteiger partial charge is 0.312 e. The van der Waals surface area contributed by atoms with Gasteiger partial charge in [-0.25, -0.2) is 0 Å². The Morgan fingerprint density at radius 1 is 1.62 bits per heavy atom. The molecule has 2 unspecified atom stereocenters. The van der Waals surface area contributed by atoms with Crippen LogP contribution in [0.3, 0.4) is 0 Å². The summed E-state index contributed by atoms with van der Waals surface area (Å²) in [5.74, 6) is -0.852. The van der Waals surface area contributed by atoms with Crippen LogP contribution in [-0.4, -0.2) is 22.7 Å². The standard InChI is InChI=1S/C11H17NO3S/c1-4-15-11(14)9(7(2)3)10(13)8-5-12-6-16-8/h5-7,9-10,13H,4H2,1-3H3. The van der Waals surface area contributed by atoms with Crippen LogP contribution in [0.4, 0.5) is 0 Å². The normalized spacial score (nSPS) is 14.8. The third-order valence-corrected chi connectivity index (χ3v) is 3.21. The molecule has 1 N–H and O–H groups in total. The SMILES string of the molecule is CCOC(=O)C(C(C)C)C(O)c1cncs1. The lowest BCUT2D eigenvalue weighted by Gasteiger charge is -2.23. The molecule has 1 rings (SSSR count). The number of hydrogen-bond donors (Lipinski definition) is 1. The number of hydrogen-bond acceptors (Lipinski definition) is 5. The number of carbonyl (C=O) groups is 1. The Labute approximate surface area is 99.3 Å². The molecule has 5 heteroatoms. The van der Waals surface area contributed by atoms with Gasteiger partial charge in [0.05, 0.1) is 22.9 Å². The summed E-state index contributed by atoms with van der Waals surface area (Å²) < 4.78 is 4.97. The van der Waals surface area contributed by atoms with E-state index >= 15 is 0 Å². The average Bonchev–Trinajstić information content (AvgIpc) is 2.70. The van der Waals surface area contributed by atoms with E-state index < -0.39 is 12.0 Å². The molecule has 2 atom stereocenters. The molecule has 0 amide bonds. The zero-order valence-electron chi connectivity index (χ0n) is 9.71. The van der Waals surface area contributed by atoms with E-state index in [1.807, 2.05) is 13.8 Å². The van der Waals surface area contributed by atoms with Crippen LogP contribution in [0.15, 0.2) is 11.7 Å². The van der Waals surface area contributed by atoms with Gasteiger partial charge in [0.2, 0.25) is 0 Å².